The van der Waals surface area contributed by atoms with Crippen LogP contribution < -0.4 is 5.32 Å². The molecule has 0 spiro atoms. The maximum Gasteiger partial charge on any atom is 0.0988 e. The summed E-state index contributed by atoms with van der Waals surface area (Å²) in [6, 6.07) is 14.8. The predicted molar refractivity (Wildman–Crippen MR) is 115 cm³/mol. The van der Waals surface area contributed by atoms with E-state index in [0.717, 1.165) is 49.7 Å². The predicted octanol–water partition coefficient (Wildman–Crippen LogP) is 3.13. The van der Waals surface area contributed by atoms with Crippen molar-refractivity contribution < 1.29 is 4.74 Å². The van der Waals surface area contributed by atoms with E-state index in [1.54, 1.807) is 13.3 Å². The summed E-state index contributed by atoms with van der Waals surface area (Å²) in [4.78, 5) is 6.76. The number of pyridine rings is 1. The van der Waals surface area contributed by atoms with E-state index < -0.39 is 0 Å². The molecule has 3 aromatic rings. The number of para-hydroxylation sites is 1. The van der Waals surface area contributed by atoms with Gasteiger partial charge in [-0.15, -0.1) is 0 Å². The molecule has 3 heterocycles. The normalized spacial score (nSPS) is 15.6. The molecule has 0 bridgehead atoms. The van der Waals surface area contributed by atoms with Crippen LogP contribution >= 0.6 is 0 Å². The number of hydrogen-bond acceptors (Lipinski definition) is 5. The molecular weight excluding hydrogens is 362 g/mol. The monoisotopic (exact) mass is 391 g/mol. The zero-order valence-electron chi connectivity index (χ0n) is 17.0. The van der Waals surface area contributed by atoms with Gasteiger partial charge in [-0.05, 0) is 50.2 Å². The molecule has 29 heavy (non-hydrogen) atoms. The second-order valence-electron chi connectivity index (χ2n) is 7.51. The highest BCUT2D eigenvalue weighted by Crippen LogP contribution is 2.23. The Morgan fingerprint density at radius 1 is 1.10 bits per heavy atom. The number of ether oxygens (including phenoxy) is 1. The lowest BCUT2D eigenvalue weighted by Gasteiger charge is -2.32. The van der Waals surface area contributed by atoms with Crippen molar-refractivity contribution >= 4 is 0 Å². The van der Waals surface area contributed by atoms with Gasteiger partial charge in [-0.25, -0.2) is 4.68 Å². The first-order valence-corrected chi connectivity index (χ1v) is 10.3. The van der Waals surface area contributed by atoms with Gasteiger partial charge in [0.05, 0.1) is 18.0 Å². The summed E-state index contributed by atoms with van der Waals surface area (Å²) in [6.07, 6.45) is 8.15. The highest BCUT2D eigenvalue weighted by atomic mass is 16.5. The molecule has 1 aliphatic heterocycles. The molecule has 0 unspecified atom stereocenters. The molecular formula is C23H29N5O. The fourth-order valence-electron chi connectivity index (χ4n) is 3.83. The van der Waals surface area contributed by atoms with Gasteiger partial charge in [0.15, 0.2) is 0 Å². The molecule has 6 heteroatoms. The van der Waals surface area contributed by atoms with Crippen LogP contribution in [0.25, 0.3) is 16.9 Å². The third-order valence-corrected chi connectivity index (χ3v) is 5.53. The van der Waals surface area contributed by atoms with Crippen molar-refractivity contribution in [3.63, 3.8) is 0 Å². The molecule has 1 N–H and O–H groups in total. The second-order valence-corrected chi connectivity index (χ2v) is 7.51. The Morgan fingerprint density at radius 3 is 2.66 bits per heavy atom. The van der Waals surface area contributed by atoms with Crippen molar-refractivity contribution in [1.29, 1.82) is 0 Å². The fraction of sp³-hybridized carbons (Fsp3) is 0.391. The summed E-state index contributed by atoms with van der Waals surface area (Å²) in [7, 11) is 1.77. The van der Waals surface area contributed by atoms with E-state index in [4.69, 9.17) is 9.84 Å². The lowest BCUT2D eigenvalue weighted by Crippen LogP contribution is -2.43. The van der Waals surface area contributed by atoms with Gasteiger partial charge in [0.25, 0.3) is 0 Å². The summed E-state index contributed by atoms with van der Waals surface area (Å²) in [5.41, 5.74) is 4.30. The number of nitrogens with one attached hydrogen (secondary N) is 1. The van der Waals surface area contributed by atoms with Gasteiger partial charge in [0.2, 0.25) is 0 Å². The summed E-state index contributed by atoms with van der Waals surface area (Å²) >= 11 is 0. The molecule has 0 radical (unpaired) electrons. The maximum absolute atomic E-state index is 5.20. The Bertz CT molecular complexity index is 873. The quantitative estimate of drug-likeness (QED) is 0.639. The van der Waals surface area contributed by atoms with Gasteiger partial charge in [0.1, 0.15) is 0 Å². The fourth-order valence-corrected chi connectivity index (χ4v) is 3.83. The molecule has 6 nitrogen and oxygen atoms in total. The number of rotatable bonds is 8. The first kappa shape index (κ1) is 19.8. The van der Waals surface area contributed by atoms with Gasteiger partial charge in [0, 0.05) is 56.0 Å². The smallest absolute Gasteiger partial charge is 0.0988 e. The van der Waals surface area contributed by atoms with Crippen molar-refractivity contribution in [2.24, 2.45) is 0 Å². The Labute approximate surface area is 172 Å². The SMILES string of the molecule is COCCN1CCC(NCc2cn(-c3ccccc3)nc2-c2cccnc2)CC1. The molecule has 0 amide bonds. The van der Waals surface area contributed by atoms with Gasteiger partial charge < -0.3 is 15.0 Å². The molecule has 0 aliphatic carbocycles. The van der Waals surface area contributed by atoms with Crippen molar-refractivity contribution in [3.05, 3.63) is 66.6 Å². The van der Waals surface area contributed by atoms with Crippen LogP contribution in [0, 0.1) is 0 Å². The van der Waals surface area contributed by atoms with Crippen molar-refractivity contribution in [2.75, 3.05) is 33.4 Å². The van der Waals surface area contributed by atoms with Crippen molar-refractivity contribution in [1.82, 2.24) is 25.0 Å². The van der Waals surface area contributed by atoms with E-state index in [9.17, 15) is 0 Å². The van der Waals surface area contributed by atoms with Gasteiger partial charge in [-0.1, -0.05) is 18.2 Å². The van der Waals surface area contributed by atoms with E-state index in [2.05, 4.69) is 39.6 Å². The average molecular weight is 392 g/mol. The van der Waals surface area contributed by atoms with E-state index in [0.29, 0.717) is 6.04 Å². The third kappa shape index (κ3) is 5.09. The van der Waals surface area contributed by atoms with E-state index in [1.807, 2.05) is 35.1 Å². The number of benzene rings is 1. The van der Waals surface area contributed by atoms with Gasteiger partial charge in [-0.3, -0.25) is 4.98 Å². The Kier molecular flexibility index (Phi) is 6.67. The number of hydrogen-bond donors (Lipinski definition) is 1. The highest BCUT2D eigenvalue weighted by molar-refractivity contribution is 5.62. The lowest BCUT2D eigenvalue weighted by atomic mass is 10.0. The van der Waals surface area contributed by atoms with Crippen molar-refractivity contribution in [3.8, 4) is 16.9 Å². The minimum atomic E-state index is 0.538. The lowest BCUT2D eigenvalue weighted by molar-refractivity contribution is 0.126. The number of methoxy groups -OCH3 is 1. The summed E-state index contributed by atoms with van der Waals surface area (Å²) in [6.45, 7) is 4.89. The molecule has 0 saturated carbocycles. The van der Waals surface area contributed by atoms with Crippen LogP contribution in [0.4, 0.5) is 0 Å². The number of aromatic nitrogens is 3. The van der Waals surface area contributed by atoms with Crippen LogP contribution in [-0.4, -0.2) is 59.1 Å². The second kappa shape index (κ2) is 9.78. The maximum atomic E-state index is 5.20. The zero-order chi connectivity index (χ0) is 19.9. The molecule has 0 atom stereocenters. The standard InChI is InChI=1S/C23H29N5O/c1-29-15-14-27-12-9-21(10-13-27)25-17-20-18-28(22-7-3-2-4-8-22)26-23(20)19-6-5-11-24-16-19/h2-8,11,16,18,21,25H,9-10,12-15,17H2,1H3. The Hall–Kier alpha value is -2.54. The highest BCUT2D eigenvalue weighted by Gasteiger charge is 2.20. The molecule has 1 aromatic carbocycles. The molecule has 4 rings (SSSR count). The number of piperidine rings is 1. The first-order chi connectivity index (χ1) is 14.3. The molecule has 1 saturated heterocycles. The zero-order valence-corrected chi connectivity index (χ0v) is 17.0. The van der Waals surface area contributed by atoms with Crippen LogP contribution in [0.2, 0.25) is 0 Å². The first-order valence-electron chi connectivity index (χ1n) is 10.3. The van der Waals surface area contributed by atoms with Crippen molar-refractivity contribution in [2.45, 2.75) is 25.4 Å². The van der Waals surface area contributed by atoms with Crippen LogP contribution in [0.3, 0.4) is 0 Å². The average Bonchev–Trinajstić information content (AvgIpc) is 3.22. The number of likely N-dealkylation sites (tertiary alicyclic amines) is 1. The van der Waals surface area contributed by atoms with E-state index in [1.165, 1.54) is 18.4 Å². The molecule has 2 aromatic heterocycles. The van der Waals surface area contributed by atoms with E-state index >= 15 is 0 Å². The molecule has 152 valence electrons. The van der Waals surface area contributed by atoms with Gasteiger partial charge >= 0.3 is 0 Å². The van der Waals surface area contributed by atoms with Crippen LogP contribution in [0.5, 0.6) is 0 Å². The summed E-state index contributed by atoms with van der Waals surface area (Å²) < 4.78 is 7.16. The van der Waals surface area contributed by atoms with E-state index in [-0.39, 0.29) is 0 Å². The topological polar surface area (TPSA) is 55.2 Å². The Morgan fingerprint density at radius 2 is 1.93 bits per heavy atom. The van der Waals surface area contributed by atoms with Crippen LogP contribution in [0.15, 0.2) is 61.1 Å². The number of nitrogens with zero attached hydrogens (tertiary/aromatic N) is 4. The van der Waals surface area contributed by atoms with Crippen LogP contribution in [0.1, 0.15) is 18.4 Å². The van der Waals surface area contributed by atoms with Gasteiger partial charge in [-0.2, -0.15) is 5.10 Å². The third-order valence-electron chi connectivity index (χ3n) is 5.53. The molecule has 1 aliphatic rings. The Balaban J connectivity index is 1.46. The van der Waals surface area contributed by atoms with Crippen LogP contribution in [-0.2, 0) is 11.3 Å². The molecule has 1 fully saturated rings. The minimum Gasteiger partial charge on any atom is -0.383 e. The minimum absolute atomic E-state index is 0.538. The largest absolute Gasteiger partial charge is 0.383 e. The summed E-state index contributed by atoms with van der Waals surface area (Å²) in [5.74, 6) is 0. The summed E-state index contributed by atoms with van der Waals surface area (Å²) in [5, 5.41) is 8.63.